The Bertz CT molecular complexity index is 966. The second-order valence-corrected chi connectivity index (χ2v) is 9.23. The third-order valence-electron chi connectivity index (χ3n) is 4.28. The van der Waals surface area contributed by atoms with E-state index in [1.807, 2.05) is 44.2 Å². The van der Waals surface area contributed by atoms with Crippen LogP contribution in [0.3, 0.4) is 0 Å². The van der Waals surface area contributed by atoms with Crippen molar-refractivity contribution in [2.45, 2.75) is 27.4 Å². The predicted octanol–water partition coefficient (Wildman–Crippen LogP) is 6.41. The number of thioether (sulfide) groups is 1. The first-order chi connectivity index (χ1) is 13.9. The third kappa shape index (κ3) is 5.32. The van der Waals surface area contributed by atoms with Crippen molar-refractivity contribution in [3.05, 3.63) is 66.9 Å². The fourth-order valence-corrected chi connectivity index (χ4v) is 5.51. The lowest BCUT2D eigenvalue weighted by Gasteiger charge is -2.12. The molecule has 1 fully saturated rings. The summed E-state index contributed by atoms with van der Waals surface area (Å²) in [5.41, 5.74) is 3.23. The van der Waals surface area contributed by atoms with Gasteiger partial charge >= 0.3 is 0 Å². The van der Waals surface area contributed by atoms with Crippen LogP contribution in [0.2, 0.25) is 0 Å². The lowest BCUT2D eigenvalue weighted by atomic mass is 10.1. The molecule has 2 aromatic rings. The molecule has 7 heteroatoms. The van der Waals surface area contributed by atoms with E-state index in [2.05, 4.69) is 55.9 Å². The van der Waals surface area contributed by atoms with Crippen molar-refractivity contribution in [1.29, 1.82) is 0 Å². The Kier molecular flexibility index (Phi) is 7.60. The first-order valence-electron chi connectivity index (χ1n) is 9.36. The fourth-order valence-electron chi connectivity index (χ4n) is 2.95. The molecule has 152 valence electrons. The van der Waals surface area contributed by atoms with Crippen molar-refractivity contribution in [1.82, 2.24) is 4.90 Å². The highest BCUT2D eigenvalue weighted by Crippen LogP contribution is 2.38. The van der Waals surface area contributed by atoms with E-state index < -0.39 is 0 Å². The topological polar surface area (TPSA) is 41.9 Å². The number of ether oxygens (including phenoxy) is 1. The van der Waals surface area contributed by atoms with Crippen LogP contribution in [-0.4, -0.2) is 29.1 Å². The number of rotatable bonds is 6. The zero-order valence-electron chi connectivity index (χ0n) is 16.5. The van der Waals surface area contributed by atoms with Crippen LogP contribution < -0.4 is 4.74 Å². The number of carbonyl (C=O) groups excluding carboxylic acids is 1. The third-order valence-corrected chi connectivity index (χ3v) is 6.50. The summed E-state index contributed by atoms with van der Waals surface area (Å²) in [4.78, 5) is 19.5. The second kappa shape index (κ2) is 9.96. The van der Waals surface area contributed by atoms with Gasteiger partial charge in [-0.1, -0.05) is 29.8 Å². The van der Waals surface area contributed by atoms with Gasteiger partial charge in [-0.25, -0.2) is 0 Å². The summed E-state index contributed by atoms with van der Waals surface area (Å²) in [5.74, 6) is 0.735. The summed E-state index contributed by atoms with van der Waals surface area (Å²) in [6.07, 6.45) is 1.90. The number of aryl methyl sites for hydroxylation is 1. The van der Waals surface area contributed by atoms with Crippen molar-refractivity contribution in [3.8, 4) is 5.75 Å². The average molecular weight is 538 g/mol. The first kappa shape index (κ1) is 22.1. The van der Waals surface area contributed by atoms with E-state index in [1.165, 1.54) is 17.3 Å². The Morgan fingerprint density at radius 1 is 1.17 bits per heavy atom. The zero-order valence-corrected chi connectivity index (χ0v) is 20.5. The van der Waals surface area contributed by atoms with E-state index in [-0.39, 0.29) is 5.91 Å². The largest absolute Gasteiger partial charge is 0.487 e. The van der Waals surface area contributed by atoms with Crippen molar-refractivity contribution < 1.29 is 9.53 Å². The van der Waals surface area contributed by atoms with Crippen LogP contribution in [-0.2, 0) is 11.4 Å². The van der Waals surface area contributed by atoms with Gasteiger partial charge in [0.25, 0.3) is 5.91 Å². The molecule has 0 spiro atoms. The molecule has 0 atom stereocenters. The summed E-state index contributed by atoms with van der Waals surface area (Å²) in [7, 11) is 0. The molecule has 0 aliphatic carbocycles. The summed E-state index contributed by atoms with van der Waals surface area (Å²) in [6.45, 7) is 7.74. The minimum absolute atomic E-state index is 0.00304. The highest BCUT2D eigenvalue weighted by Gasteiger charge is 2.31. The highest BCUT2D eigenvalue weighted by molar-refractivity contribution is 9.11. The standard InChI is InChI=1S/C22H22Br2N2O2S/c1-4-25-22-26(5-2)21(27)19(29-22)12-16-10-17(23)20(18(24)11-16)28-13-15-8-6-7-14(3)9-15/h6-12H,4-5,13H2,1-3H3/b19-12+,25-22?. The van der Waals surface area contributed by atoms with Crippen molar-refractivity contribution in [2.24, 2.45) is 4.99 Å². The number of hydrogen-bond donors (Lipinski definition) is 0. The molecule has 4 nitrogen and oxygen atoms in total. The number of halogens is 2. The summed E-state index contributed by atoms with van der Waals surface area (Å²) < 4.78 is 7.68. The Labute approximate surface area is 192 Å². The van der Waals surface area contributed by atoms with Crippen molar-refractivity contribution in [3.63, 3.8) is 0 Å². The number of benzene rings is 2. The Hall–Kier alpha value is -1.57. The summed E-state index contributed by atoms with van der Waals surface area (Å²) in [6, 6.07) is 12.2. The normalized spacial score (nSPS) is 16.9. The smallest absolute Gasteiger partial charge is 0.266 e. The molecule has 3 rings (SSSR count). The molecular formula is C22H22Br2N2O2S. The second-order valence-electron chi connectivity index (χ2n) is 6.51. The lowest BCUT2D eigenvalue weighted by molar-refractivity contribution is -0.122. The van der Waals surface area contributed by atoms with Gasteiger partial charge in [0, 0.05) is 13.1 Å². The van der Waals surface area contributed by atoms with Crippen LogP contribution in [0.25, 0.3) is 6.08 Å². The molecule has 1 amide bonds. The highest BCUT2D eigenvalue weighted by atomic mass is 79.9. The maximum atomic E-state index is 12.7. The molecule has 0 N–H and O–H groups in total. The van der Waals surface area contributed by atoms with Gasteiger partial charge in [0.2, 0.25) is 0 Å². The quantitative estimate of drug-likeness (QED) is 0.400. The molecule has 0 saturated carbocycles. The van der Waals surface area contributed by atoms with E-state index in [0.717, 1.165) is 31.0 Å². The predicted molar refractivity (Wildman–Crippen MR) is 128 cm³/mol. The molecule has 0 unspecified atom stereocenters. The maximum absolute atomic E-state index is 12.7. The zero-order chi connectivity index (χ0) is 21.0. The molecular weight excluding hydrogens is 516 g/mol. The lowest BCUT2D eigenvalue weighted by Crippen LogP contribution is -2.28. The van der Waals surface area contributed by atoms with Gasteiger partial charge in [0.15, 0.2) is 5.17 Å². The number of hydrogen-bond acceptors (Lipinski definition) is 4. The van der Waals surface area contributed by atoms with Crippen LogP contribution in [0.1, 0.15) is 30.5 Å². The van der Waals surface area contributed by atoms with Crippen LogP contribution >= 0.6 is 43.6 Å². The van der Waals surface area contributed by atoms with Gasteiger partial charge in [0.1, 0.15) is 12.4 Å². The van der Waals surface area contributed by atoms with Gasteiger partial charge in [-0.2, -0.15) is 0 Å². The van der Waals surface area contributed by atoms with Gasteiger partial charge in [0.05, 0.1) is 13.9 Å². The molecule has 29 heavy (non-hydrogen) atoms. The van der Waals surface area contributed by atoms with Crippen LogP contribution in [0.5, 0.6) is 5.75 Å². The van der Waals surface area contributed by atoms with Crippen LogP contribution in [0, 0.1) is 6.92 Å². The Morgan fingerprint density at radius 3 is 2.52 bits per heavy atom. The first-order valence-corrected chi connectivity index (χ1v) is 11.8. The van der Waals surface area contributed by atoms with Gasteiger partial charge in [-0.15, -0.1) is 0 Å². The molecule has 0 aromatic heterocycles. The Morgan fingerprint density at radius 2 is 1.90 bits per heavy atom. The fraction of sp³-hybridized carbons (Fsp3) is 0.273. The van der Waals surface area contributed by atoms with Crippen molar-refractivity contribution in [2.75, 3.05) is 13.1 Å². The van der Waals surface area contributed by atoms with Gasteiger partial charge in [-0.05, 0) is 93.7 Å². The molecule has 2 aromatic carbocycles. The molecule has 1 saturated heterocycles. The maximum Gasteiger partial charge on any atom is 0.266 e. The summed E-state index contributed by atoms with van der Waals surface area (Å²) in [5, 5.41) is 0.766. The molecule has 1 heterocycles. The van der Waals surface area contributed by atoms with Crippen LogP contribution in [0.15, 0.2) is 55.2 Å². The Balaban J connectivity index is 1.81. The molecule has 0 bridgehead atoms. The van der Waals surface area contributed by atoms with Gasteiger partial charge in [-0.3, -0.25) is 14.7 Å². The van der Waals surface area contributed by atoms with E-state index in [9.17, 15) is 4.79 Å². The van der Waals surface area contributed by atoms with E-state index in [1.54, 1.807) is 4.90 Å². The van der Waals surface area contributed by atoms with Crippen LogP contribution in [0.4, 0.5) is 0 Å². The van der Waals surface area contributed by atoms with E-state index >= 15 is 0 Å². The van der Waals surface area contributed by atoms with Gasteiger partial charge < -0.3 is 4.74 Å². The number of aliphatic imine (C=N–C) groups is 1. The number of amides is 1. The van der Waals surface area contributed by atoms with E-state index in [0.29, 0.717) is 24.6 Å². The SMILES string of the molecule is CCN=C1S/C(=C/c2cc(Br)c(OCc3cccc(C)c3)c(Br)c2)C(=O)N1CC. The number of amidine groups is 1. The monoisotopic (exact) mass is 536 g/mol. The number of likely N-dealkylation sites (N-methyl/N-ethyl adjacent to an activating group) is 1. The average Bonchev–Trinajstić information content (AvgIpc) is 2.96. The molecule has 0 radical (unpaired) electrons. The summed E-state index contributed by atoms with van der Waals surface area (Å²) >= 11 is 8.63. The minimum atomic E-state index is -0.00304. The molecule has 1 aliphatic rings. The molecule has 1 aliphatic heterocycles. The van der Waals surface area contributed by atoms with E-state index in [4.69, 9.17) is 4.74 Å². The van der Waals surface area contributed by atoms with Crippen molar-refractivity contribution >= 4 is 60.8 Å². The minimum Gasteiger partial charge on any atom is -0.487 e. The number of nitrogens with zero attached hydrogens (tertiary/aromatic N) is 2. The number of carbonyl (C=O) groups is 1.